The van der Waals surface area contributed by atoms with Gasteiger partial charge in [0.25, 0.3) is 0 Å². The quantitative estimate of drug-likeness (QED) is 0.717. The molecule has 0 saturated carbocycles. The van der Waals surface area contributed by atoms with E-state index in [0.717, 1.165) is 13.1 Å². The molecule has 144 valence electrons. The van der Waals surface area contributed by atoms with Crippen molar-refractivity contribution in [1.29, 1.82) is 0 Å². The normalized spacial score (nSPS) is 15.3. The van der Waals surface area contributed by atoms with Crippen LogP contribution in [0, 0.1) is 0 Å². The van der Waals surface area contributed by atoms with Gasteiger partial charge >= 0.3 is 11.8 Å². The molecule has 6 nitrogen and oxygen atoms in total. The molecule has 7 heteroatoms. The number of thiophene rings is 1. The molecule has 27 heavy (non-hydrogen) atoms. The number of hydrogen-bond donors (Lipinski definition) is 2. The van der Waals surface area contributed by atoms with Crippen LogP contribution in [-0.4, -0.2) is 43.0 Å². The summed E-state index contributed by atoms with van der Waals surface area (Å²) in [4.78, 5) is 27.0. The topological polar surface area (TPSA) is 70.7 Å². The van der Waals surface area contributed by atoms with Crippen molar-refractivity contribution in [3.8, 4) is 5.75 Å². The van der Waals surface area contributed by atoms with Crippen LogP contribution in [-0.2, 0) is 9.59 Å². The number of nitrogens with zero attached hydrogens (tertiary/aromatic N) is 1. The van der Waals surface area contributed by atoms with Gasteiger partial charge in [-0.1, -0.05) is 12.1 Å². The maximum Gasteiger partial charge on any atom is 0.313 e. The van der Waals surface area contributed by atoms with Crippen LogP contribution in [0.2, 0.25) is 0 Å². The Bertz CT molecular complexity index is 758. The number of anilines is 1. The zero-order valence-electron chi connectivity index (χ0n) is 15.4. The lowest BCUT2D eigenvalue weighted by atomic mass is 10.1. The molecule has 2 amide bonds. The van der Waals surface area contributed by atoms with Crippen molar-refractivity contribution in [2.75, 3.05) is 31.6 Å². The number of benzene rings is 1. The summed E-state index contributed by atoms with van der Waals surface area (Å²) in [5.41, 5.74) is 1.68. The van der Waals surface area contributed by atoms with E-state index in [0.29, 0.717) is 24.6 Å². The number of hydrogen-bond acceptors (Lipinski definition) is 5. The van der Waals surface area contributed by atoms with E-state index < -0.39 is 11.8 Å². The summed E-state index contributed by atoms with van der Waals surface area (Å²) in [6, 6.07) is 9.27. The molecule has 3 rings (SSSR count). The molecule has 0 bridgehead atoms. The largest absolute Gasteiger partial charge is 0.492 e. The predicted octanol–water partition coefficient (Wildman–Crippen LogP) is 3.04. The Morgan fingerprint density at radius 2 is 1.96 bits per heavy atom. The minimum atomic E-state index is -0.687. The van der Waals surface area contributed by atoms with Crippen molar-refractivity contribution in [1.82, 2.24) is 10.2 Å². The zero-order chi connectivity index (χ0) is 19.1. The second-order valence-electron chi connectivity index (χ2n) is 6.41. The average molecular weight is 388 g/mol. The summed E-state index contributed by atoms with van der Waals surface area (Å²) in [7, 11) is 0. The van der Waals surface area contributed by atoms with Crippen LogP contribution in [0.3, 0.4) is 0 Å². The van der Waals surface area contributed by atoms with Crippen LogP contribution in [0.4, 0.5) is 5.69 Å². The van der Waals surface area contributed by atoms with Gasteiger partial charge in [0.15, 0.2) is 0 Å². The van der Waals surface area contributed by atoms with Gasteiger partial charge in [-0.2, -0.15) is 11.3 Å². The van der Waals surface area contributed by atoms with E-state index in [1.54, 1.807) is 29.5 Å². The van der Waals surface area contributed by atoms with Gasteiger partial charge in [-0.25, -0.2) is 0 Å². The molecule has 1 aromatic heterocycles. The summed E-state index contributed by atoms with van der Waals surface area (Å²) in [5, 5.41) is 9.57. The third kappa shape index (κ3) is 5.08. The molecule has 0 aliphatic carbocycles. The molecule has 1 aromatic carbocycles. The molecule has 1 aliphatic rings. The van der Waals surface area contributed by atoms with Crippen LogP contribution in [0.15, 0.2) is 41.1 Å². The minimum absolute atomic E-state index is 0.103. The average Bonchev–Trinajstić information content (AvgIpc) is 3.38. The van der Waals surface area contributed by atoms with E-state index >= 15 is 0 Å². The Kier molecular flexibility index (Phi) is 6.84. The molecule has 0 radical (unpaired) electrons. The lowest BCUT2D eigenvalue weighted by Crippen LogP contribution is -2.41. The first-order valence-electron chi connectivity index (χ1n) is 9.26. The summed E-state index contributed by atoms with van der Waals surface area (Å²) in [5.74, 6) is -0.775. The standard InChI is InChI=1S/C20H25N3O3S/c1-2-26-18-8-4-3-7-16(18)22-20(25)19(24)21-13-17(15-9-12-27-14-15)23-10-5-6-11-23/h3-4,7-9,12,14,17H,2,5-6,10-11,13H2,1H3,(H,21,24)(H,22,25). The number of rotatable bonds is 7. The number of likely N-dealkylation sites (tertiary alicyclic amines) is 1. The first-order valence-corrected chi connectivity index (χ1v) is 10.2. The Balaban J connectivity index is 1.59. The first kappa shape index (κ1) is 19.4. The SMILES string of the molecule is CCOc1ccccc1NC(=O)C(=O)NCC(c1ccsc1)N1CCCC1. The van der Waals surface area contributed by atoms with Gasteiger partial charge in [0, 0.05) is 6.54 Å². The highest BCUT2D eigenvalue weighted by molar-refractivity contribution is 7.08. The smallest absolute Gasteiger partial charge is 0.313 e. The van der Waals surface area contributed by atoms with Crippen LogP contribution in [0.5, 0.6) is 5.75 Å². The maximum atomic E-state index is 12.3. The summed E-state index contributed by atoms with van der Waals surface area (Å²) in [6.07, 6.45) is 2.34. The van der Waals surface area contributed by atoms with Crippen LogP contribution < -0.4 is 15.4 Å². The van der Waals surface area contributed by atoms with Crippen molar-refractivity contribution >= 4 is 28.8 Å². The van der Waals surface area contributed by atoms with Crippen molar-refractivity contribution in [3.05, 3.63) is 46.7 Å². The summed E-state index contributed by atoms with van der Waals surface area (Å²) in [6.45, 7) is 4.80. The molecule has 1 fully saturated rings. The Labute approximate surface area is 163 Å². The Morgan fingerprint density at radius 3 is 2.67 bits per heavy atom. The fraction of sp³-hybridized carbons (Fsp3) is 0.400. The summed E-state index contributed by atoms with van der Waals surface area (Å²) < 4.78 is 5.48. The fourth-order valence-corrected chi connectivity index (χ4v) is 3.98. The van der Waals surface area contributed by atoms with E-state index in [9.17, 15) is 9.59 Å². The second kappa shape index (κ2) is 9.53. The van der Waals surface area contributed by atoms with Crippen molar-refractivity contribution < 1.29 is 14.3 Å². The maximum absolute atomic E-state index is 12.3. The van der Waals surface area contributed by atoms with E-state index in [2.05, 4.69) is 27.0 Å². The monoisotopic (exact) mass is 387 g/mol. The fourth-order valence-electron chi connectivity index (χ4n) is 3.28. The Morgan fingerprint density at radius 1 is 1.19 bits per heavy atom. The first-order chi connectivity index (χ1) is 13.2. The van der Waals surface area contributed by atoms with Gasteiger partial charge < -0.3 is 15.4 Å². The minimum Gasteiger partial charge on any atom is -0.492 e. The molecule has 1 atom stereocenters. The number of para-hydroxylation sites is 2. The van der Waals surface area contributed by atoms with Gasteiger partial charge in [0.05, 0.1) is 18.3 Å². The van der Waals surface area contributed by atoms with Gasteiger partial charge in [0.2, 0.25) is 0 Å². The van der Waals surface area contributed by atoms with Gasteiger partial charge in [-0.3, -0.25) is 14.5 Å². The van der Waals surface area contributed by atoms with Crippen LogP contribution in [0.25, 0.3) is 0 Å². The van der Waals surface area contributed by atoms with Crippen molar-refractivity contribution in [2.45, 2.75) is 25.8 Å². The third-order valence-electron chi connectivity index (χ3n) is 4.61. The lowest BCUT2D eigenvalue weighted by Gasteiger charge is -2.27. The molecule has 0 spiro atoms. The lowest BCUT2D eigenvalue weighted by molar-refractivity contribution is -0.136. The number of carbonyl (C=O) groups is 2. The van der Waals surface area contributed by atoms with E-state index in [4.69, 9.17) is 4.74 Å². The Hall–Kier alpha value is -2.38. The van der Waals surface area contributed by atoms with Crippen molar-refractivity contribution in [3.63, 3.8) is 0 Å². The molecule has 1 saturated heterocycles. The zero-order valence-corrected chi connectivity index (χ0v) is 16.3. The van der Waals surface area contributed by atoms with Gasteiger partial charge in [-0.05, 0) is 67.4 Å². The molecule has 1 unspecified atom stereocenters. The highest BCUT2D eigenvalue weighted by atomic mass is 32.1. The molecular weight excluding hydrogens is 362 g/mol. The third-order valence-corrected chi connectivity index (χ3v) is 5.31. The number of ether oxygens (including phenoxy) is 1. The van der Waals surface area contributed by atoms with Gasteiger partial charge in [-0.15, -0.1) is 0 Å². The molecule has 2 aromatic rings. The number of amides is 2. The van der Waals surface area contributed by atoms with Crippen LogP contribution >= 0.6 is 11.3 Å². The molecule has 1 aliphatic heterocycles. The molecular formula is C20H25N3O3S. The highest BCUT2D eigenvalue weighted by Gasteiger charge is 2.25. The highest BCUT2D eigenvalue weighted by Crippen LogP contribution is 2.26. The molecule has 2 heterocycles. The van der Waals surface area contributed by atoms with Crippen molar-refractivity contribution in [2.24, 2.45) is 0 Å². The predicted molar refractivity (Wildman–Crippen MR) is 107 cm³/mol. The van der Waals surface area contributed by atoms with E-state index in [1.807, 2.05) is 18.4 Å². The summed E-state index contributed by atoms with van der Waals surface area (Å²) >= 11 is 1.64. The van der Waals surface area contributed by atoms with E-state index in [-0.39, 0.29) is 6.04 Å². The van der Waals surface area contributed by atoms with Gasteiger partial charge in [0.1, 0.15) is 5.75 Å². The second-order valence-corrected chi connectivity index (χ2v) is 7.19. The number of nitrogens with one attached hydrogen (secondary N) is 2. The number of carbonyl (C=O) groups excluding carboxylic acids is 2. The van der Waals surface area contributed by atoms with Crippen LogP contribution in [0.1, 0.15) is 31.4 Å². The molecule has 2 N–H and O–H groups in total. The van der Waals surface area contributed by atoms with E-state index in [1.165, 1.54) is 18.4 Å².